The van der Waals surface area contributed by atoms with Crippen molar-refractivity contribution in [3.05, 3.63) is 59.4 Å². The van der Waals surface area contributed by atoms with Gasteiger partial charge in [0, 0.05) is 10.6 Å². The molecule has 0 heterocycles. The molecule has 0 saturated carbocycles. The van der Waals surface area contributed by atoms with Gasteiger partial charge in [0.1, 0.15) is 5.82 Å². The Bertz CT molecular complexity index is 616. The van der Waals surface area contributed by atoms with Gasteiger partial charge in [0.05, 0.1) is 11.3 Å². The number of halogens is 1. The number of rotatable bonds is 4. The lowest BCUT2D eigenvalue weighted by Crippen LogP contribution is -2.00. The van der Waals surface area contributed by atoms with Gasteiger partial charge in [-0.1, -0.05) is 18.2 Å². The highest BCUT2D eigenvalue weighted by Crippen LogP contribution is 2.26. The van der Waals surface area contributed by atoms with Crippen molar-refractivity contribution in [1.29, 1.82) is 0 Å². The van der Waals surface area contributed by atoms with Crippen molar-refractivity contribution in [2.45, 2.75) is 10.6 Å². The van der Waals surface area contributed by atoms with Crippen LogP contribution in [0.25, 0.3) is 0 Å². The smallest absolute Gasteiger partial charge is 0.335 e. The third-order valence-corrected chi connectivity index (χ3v) is 3.66. The molecule has 98 valence electrons. The number of aromatic carboxylic acids is 1. The molecule has 0 atom stereocenters. The van der Waals surface area contributed by atoms with Gasteiger partial charge in [-0.25, -0.2) is 9.18 Å². The van der Waals surface area contributed by atoms with Crippen LogP contribution in [0.1, 0.15) is 15.9 Å². The molecule has 3 N–H and O–H groups in total. The Morgan fingerprint density at radius 2 is 2.00 bits per heavy atom. The zero-order chi connectivity index (χ0) is 13.8. The molecule has 0 radical (unpaired) electrons. The largest absolute Gasteiger partial charge is 0.478 e. The first-order valence-corrected chi connectivity index (χ1v) is 6.55. The molecule has 0 spiro atoms. The standard InChI is InChI=1S/C14H12FNO2S/c15-12-7-10(5-6-13(12)16)19-8-9-3-1-2-4-11(9)14(17)18/h1-7H,8,16H2,(H,17,18). The van der Waals surface area contributed by atoms with Crippen molar-refractivity contribution in [2.75, 3.05) is 5.73 Å². The van der Waals surface area contributed by atoms with Crippen LogP contribution < -0.4 is 5.73 Å². The molecule has 0 aliphatic carbocycles. The third kappa shape index (κ3) is 3.26. The summed E-state index contributed by atoms with van der Waals surface area (Å²) in [6.07, 6.45) is 0. The Kier molecular flexibility index (Phi) is 4.06. The molecule has 0 aliphatic rings. The average molecular weight is 277 g/mol. The number of anilines is 1. The summed E-state index contributed by atoms with van der Waals surface area (Å²) < 4.78 is 13.3. The lowest BCUT2D eigenvalue weighted by Gasteiger charge is -2.06. The topological polar surface area (TPSA) is 63.3 Å². The summed E-state index contributed by atoms with van der Waals surface area (Å²) >= 11 is 1.37. The number of benzene rings is 2. The number of hydrogen-bond donors (Lipinski definition) is 2. The summed E-state index contributed by atoms with van der Waals surface area (Å²) in [6.45, 7) is 0. The number of nitrogens with two attached hydrogens (primary N) is 1. The fourth-order valence-electron chi connectivity index (χ4n) is 1.61. The first kappa shape index (κ1) is 13.4. The van der Waals surface area contributed by atoms with Crippen molar-refractivity contribution in [1.82, 2.24) is 0 Å². The van der Waals surface area contributed by atoms with E-state index in [-0.39, 0.29) is 11.3 Å². The minimum absolute atomic E-state index is 0.107. The fraction of sp³-hybridized carbons (Fsp3) is 0.0714. The molecule has 3 nitrogen and oxygen atoms in total. The van der Waals surface area contributed by atoms with Crippen LogP contribution in [-0.2, 0) is 5.75 Å². The van der Waals surface area contributed by atoms with Crippen LogP contribution in [0.4, 0.5) is 10.1 Å². The van der Waals surface area contributed by atoms with Gasteiger partial charge < -0.3 is 10.8 Å². The van der Waals surface area contributed by atoms with Gasteiger partial charge in [-0.15, -0.1) is 11.8 Å². The predicted molar refractivity (Wildman–Crippen MR) is 73.8 cm³/mol. The van der Waals surface area contributed by atoms with Crippen LogP contribution in [0.3, 0.4) is 0 Å². The van der Waals surface area contributed by atoms with Gasteiger partial charge >= 0.3 is 5.97 Å². The Hall–Kier alpha value is -2.01. The second kappa shape index (κ2) is 5.75. The summed E-state index contributed by atoms with van der Waals surface area (Å²) in [5.41, 5.74) is 6.48. The molecule has 5 heteroatoms. The van der Waals surface area contributed by atoms with E-state index in [4.69, 9.17) is 10.8 Å². The van der Waals surface area contributed by atoms with Crippen LogP contribution in [0.2, 0.25) is 0 Å². The maximum absolute atomic E-state index is 13.3. The Morgan fingerprint density at radius 3 is 2.68 bits per heavy atom. The molecule has 2 aromatic carbocycles. The highest BCUT2D eigenvalue weighted by molar-refractivity contribution is 7.98. The second-order valence-corrected chi connectivity index (χ2v) is 4.98. The Labute approximate surface area is 114 Å². The van der Waals surface area contributed by atoms with Gasteiger partial charge in [-0.2, -0.15) is 0 Å². The first-order chi connectivity index (χ1) is 9.08. The molecule has 0 saturated heterocycles. The number of nitrogen functional groups attached to an aromatic ring is 1. The van der Waals surface area contributed by atoms with Crippen molar-refractivity contribution >= 4 is 23.4 Å². The SMILES string of the molecule is Nc1ccc(SCc2ccccc2C(=O)O)cc1F. The minimum Gasteiger partial charge on any atom is -0.478 e. The molecular formula is C14H12FNO2S. The summed E-state index contributed by atoms with van der Waals surface area (Å²) in [6, 6.07) is 11.3. The van der Waals surface area contributed by atoms with Gasteiger partial charge in [0.25, 0.3) is 0 Å². The highest BCUT2D eigenvalue weighted by Gasteiger charge is 2.09. The van der Waals surface area contributed by atoms with E-state index in [1.807, 2.05) is 0 Å². The van der Waals surface area contributed by atoms with E-state index in [0.717, 1.165) is 0 Å². The van der Waals surface area contributed by atoms with Gasteiger partial charge in [-0.3, -0.25) is 0 Å². The minimum atomic E-state index is -0.959. The van der Waals surface area contributed by atoms with Gasteiger partial charge in [-0.05, 0) is 29.8 Å². The van der Waals surface area contributed by atoms with E-state index in [1.54, 1.807) is 30.3 Å². The number of carbonyl (C=O) groups is 1. The maximum Gasteiger partial charge on any atom is 0.335 e. The van der Waals surface area contributed by atoms with Gasteiger partial charge in [0.15, 0.2) is 0 Å². The van der Waals surface area contributed by atoms with Crippen molar-refractivity contribution in [3.8, 4) is 0 Å². The van der Waals surface area contributed by atoms with Crippen molar-refractivity contribution in [2.24, 2.45) is 0 Å². The lowest BCUT2D eigenvalue weighted by atomic mass is 10.1. The quantitative estimate of drug-likeness (QED) is 0.664. The van der Waals surface area contributed by atoms with Crippen LogP contribution in [0, 0.1) is 5.82 Å². The molecule has 2 aromatic rings. The molecule has 0 amide bonds. The van der Waals surface area contributed by atoms with Crippen LogP contribution >= 0.6 is 11.8 Å². The van der Waals surface area contributed by atoms with Crippen LogP contribution in [0.15, 0.2) is 47.4 Å². The zero-order valence-electron chi connectivity index (χ0n) is 9.97. The Balaban J connectivity index is 2.14. The lowest BCUT2D eigenvalue weighted by molar-refractivity contribution is 0.0696. The molecular weight excluding hydrogens is 265 g/mol. The monoisotopic (exact) mass is 277 g/mol. The van der Waals surface area contributed by atoms with Gasteiger partial charge in [0.2, 0.25) is 0 Å². The highest BCUT2D eigenvalue weighted by atomic mass is 32.2. The molecule has 0 fully saturated rings. The molecule has 0 unspecified atom stereocenters. The van der Waals surface area contributed by atoms with Crippen molar-refractivity contribution in [3.63, 3.8) is 0 Å². The number of carboxylic acid groups (broad SMARTS) is 1. The average Bonchev–Trinajstić information content (AvgIpc) is 2.40. The normalized spacial score (nSPS) is 10.4. The maximum atomic E-state index is 13.3. The Morgan fingerprint density at radius 1 is 1.26 bits per heavy atom. The number of carboxylic acids is 1. The van der Waals surface area contributed by atoms with E-state index >= 15 is 0 Å². The number of thioether (sulfide) groups is 1. The molecule has 2 rings (SSSR count). The summed E-state index contributed by atoms with van der Waals surface area (Å²) in [4.78, 5) is 11.8. The molecule has 0 aliphatic heterocycles. The summed E-state index contributed by atoms with van der Waals surface area (Å²) in [5.74, 6) is -0.956. The van der Waals surface area contributed by atoms with E-state index in [0.29, 0.717) is 16.2 Å². The summed E-state index contributed by atoms with van der Waals surface area (Å²) in [5, 5.41) is 9.06. The van der Waals surface area contributed by atoms with E-state index in [9.17, 15) is 9.18 Å². The second-order valence-electron chi connectivity index (χ2n) is 3.93. The van der Waals surface area contributed by atoms with E-state index < -0.39 is 11.8 Å². The fourth-order valence-corrected chi connectivity index (χ4v) is 2.54. The summed E-state index contributed by atoms with van der Waals surface area (Å²) in [7, 11) is 0. The number of hydrogen-bond acceptors (Lipinski definition) is 3. The molecule has 19 heavy (non-hydrogen) atoms. The predicted octanol–water partition coefficient (Wildman–Crippen LogP) is 3.40. The first-order valence-electron chi connectivity index (χ1n) is 5.57. The van der Waals surface area contributed by atoms with Crippen LogP contribution in [-0.4, -0.2) is 11.1 Å². The van der Waals surface area contributed by atoms with Crippen LogP contribution in [0.5, 0.6) is 0 Å². The molecule has 0 aromatic heterocycles. The zero-order valence-corrected chi connectivity index (χ0v) is 10.8. The molecule has 0 bridgehead atoms. The van der Waals surface area contributed by atoms with Crippen molar-refractivity contribution < 1.29 is 14.3 Å². The third-order valence-electron chi connectivity index (χ3n) is 2.61. The van der Waals surface area contributed by atoms with E-state index in [2.05, 4.69) is 0 Å². The van der Waals surface area contributed by atoms with E-state index in [1.165, 1.54) is 23.9 Å².